The first-order chi connectivity index (χ1) is 9.20. The number of hydrogen-bond donors (Lipinski definition) is 1. The van der Waals surface area contributed by atoms with E-state index in [9.17, 15) is 13.2 Å². The van der Waals surface area contributed by atoms with Gasteiger partial charge in [0.25, 0.3) is 0 Å². The highest BCUT2D eigenvalue weighted by molar-refractivity contribution is 7.91. The molecule has 0 aliphatic heterocycles. The van der Waals surface area contributed by atoms with Crippen LogP contribution in [0.3, 0.4) is 0 Å². The molecule has 114 valence electrons. The van der Waals surface area contributed by atoms with Crippen LogP contribution in [0.2, 0.25) is 0 Å². The molecule has 1 aromatic heterocycles. The molecular formula is C12H21N3O4S. The predicted octanol–water partition coefficient (Wildman–Crippen LogP) is 0.774. The van der Waals surface area contributed by atoms with Crippen LogP contribution >= 0.6 is 0 Å². The van der Waals surface area contributed by atoms with E-state index >= 15 is 0 Å². The summed E-state index contributed by atoms with van der Waals surface area (Å²) in [6.45, 7) is 6.99. The minimum Gasteiger partial charge on any atom is -0.460 e. The summed E-state index contributed by atoms with van der Waals surface area (Å²) >= 11 is 0. The molecule has 0 amide bonds. The average molecular weight is 303 g/mol. The molecule has 0 saturated carbocycles. The maximum absolute atomic E-state index is 12.0. The summed E-state index contributed by atoms with van der Waals surface area (Å²) in [6.07, 6.45) is 0. The maximum atomic E-state index is 12.0. The third-order valence-corrected chi connectivity index (χ3v) is 5.16. The van der Waals surface area contributed by atoms with Crippen molar-refractivity contribution >= 4 is 21.5 Å². The van der Waals surface area contributed by atoms with Crippen molar-refractivity contribution in [1.29, 1.82) is 0 Å². The van der Waals surface area contributed by atoms with E-state index in [0.717, 1.165) is 0 Å². The van der Waals surface area contributed by atoms with E-state index in [2.05, 4.69) is 5.10 Å². The summed E-state index contributed by atoms with van der Waals surface area (Å²) in [6, 6.07) is 0. The van der Waals surface area contributed by atoms with Gasteiger partial charge in [0.15, 0.2) is 15.5 Å². The summed E-state index contributed by atoms with van der Waals surface area (Å²) in [4.78, 5) is 12.0. The summed E-state index contributed by atoms with van der Waals surface area (Å²) in [5.41, 5.74) is 6.77. The quantitative estimate of drug-likeness (QED) is 0.778. The van der Waals surface area contributed by atoms with Crippen LogP contribution in [0, 0.1) is 6.92 Å². The van der Waals surface area contributed by atoms with Crippen molar-refractivity contribution in [3.05, 3.63) is 11.4 Å². The first-order valence-corrected chi connectivity index (χ1v) is 8.13. The molecule has 0 radical (unpaired) electrons. The van der Waals surface area contributed by atoms with Crippen molar-refractivity contribution in [2.45, 2.75) is 39.5 Å². The van der Waals surface area contributed by atoms with Gasteiger partial charge in [0, 0.05) is 6.54 Å². The van der Waals surface area contributed by atoms with Gasteiger partial charge >= 0.3 is 5.97 Å². The zero-order chi connectivity index (χ0) is 15.5. The normalized spacial score (nSPS) is 11.8. The van der Waals surface area contributed by atoms with Crippen LogP contribution in [0.4, 0.5) is 5.69 Å². The molecule has 20 heavy (non-hydrogen) atoms. The lowest BCUT2D eigenvalue weighted by Crippen LogP contribution is -2.23. The summed E-state index contributed by atoms with van der Waals surface area (Å²) < 4.78 is 29.7. The van der Waals surface area contributed by atoms with E-state index in [1.807, 2.05) is 6.92 Å². The molecular weight excluding hydrogens is 282 g/mol. The van der Waals surface area contributed by atoms with E-state index in [4.69, 9.17) is 10.5 Å². The molecule has 1 rings (SSSR count). The van der Waals surface area contributed by atoms with E-state index in [-0.39, 0.29) is 23.7 Å². The Morgan fingerprint density at radius 3 is 2.55 bits per heavy atom. The number of aryl methyl sites for hydroxylation is 2. The molecule has 1 heterocycles. The molecule has 0 bridgehead atoms. The second-order valence-electron chi connectivity index (χ2n) is 4.72. The smallest absolute Gasteiger partial charge is 0.358 e. The number of ether oxygens (including phenoxy) is 1. The van der Waals surface area contributed by atoms with E-state index in [1.165, 1.54) is 4.68 Å². The van der Waals surface area contributed by atoms with Gasteiger partial charge in [-0.2, -0.15) is 5.10 Å². The number of hydrogen-bond acceptors (Lipinski definition) is 6. The second kappa shape index (κ2) is 6.25. The van der Waals surface area contributed by atoms with Gasteiger partial charge in [-0.05, 0) is 27.7 Å². The SMILES string of the molecule is CCn1nc(C)c(N)c1C(=O)OCCS(=O)(=O)C(C)C. The topological polar surface area (TPSA) is 104 Å². The number of nitrogen functional groups attached to an aromatic ring is 1. The molecule has 0 aliphatic rings. The van der Waals surface area contributed by atoms with Crippen molar-refractivity contribution in [3.63, 3.8) is 0 Å². The number of esters is 1. The second-order valence-corrected chi connectivity index (χ2v) is 7.39. The fourth-order valence-electron chi connectivity index (χ4n) is 1.59. The molecule has 8 heteroatoms. The lowest BCUT2D eigenvalue weighted by atomic mass is 10.3. The summed E-state index contributed by atoms with van der Waals surface area (Å²) in [5, 5.41) is 3.62. The standard InChI is InChI=1S/C12H21N3O4S/c1-5-15-11(10(13)9(4)14-15)12(16)19-6-7-20(17,18)8(2)3/h8H,5-7,13H2,1-4H3. The first kappa shape index (κ1) is 16.5. The molecule has 7 nitrogen and oxygen atoms in total. The third kappa shape index (κ3) is 3.50. The highest BCUT2D eigenvalue weighted by Gasteiger charge is 2.22. The Bertz CT molecular complexity index is 590. The van der Waals surface area contributed by atoms with Gasteiger partial charge in [-0.25, -0.2) is 13.2 Å². The third-order valence-electron chi connectivity index (χ3n) is 2.99. The van der Waals surface area contributed by atoms with Gasteiger partial charge in [0.05, 0.1) is 22.4 Å². The van der Waals surface area contributed by atoms with E-state index in [0.29, 0.717) is 12.2 Å². The van der Waals surface area contributed by atoms with Crippen molar-refractivity contribution < 1.29 is 17.9 Å². The van der Waals surface area contributed by atoms with Crippen molar-refractivity contribution in [2.75, 3.05) is 18.1 Å². The number of nitrogens with zero attached hydrogens (tertiary/aromatic N) is 2. The predicted molar refractivity (Wildman–Crippen MR) is 76.3 cm³/mol. The van der Waals surface area contributed by atoms with Gasteiger partial charge in [0.2, 0.25) is 0 Å². The molecule has 0 unspecified atom stereocenters. The molecule has 0 fully saturated rings. The van der Waals surface area contributed by atoms with Crippen LogP contribution in [0.1, 0.15) is 37.0 Å². The van der Waals surface area contributed by atoms with Gasteiger partial charge in [-0.1, -0.05) is 0 Å². The van der Waals surface area contributed by atoms with Gasteiger partial charge in [-0.15, -0.1) is 0 Å². The Hall–Kier alpha value is -1.57. The van der Waals surface area contributed by atoms with Crippen molar-refractivity contribution in [3.8, 4) is 0 Å². The minimum absolute atomic E-state index is 0.173. The molecule has 0 atom stereocenters. The van der Waals surface area contributed by atoms with Crippen LogP contribution in [-0.4, -0.2) is 41.8 Å². The Balaban J connectivity index is 2.74. The highest BCUT2D eigenvalue weighted by Crippen LogP contribution is 2.17. The number of carbonyl (C=O) groups excluding carboxylic acids is 1. The van der Waals surface area contributed by atoms with Crippen LogP contribution in [0.15, 0.2) is 0 Å². The fraction of sp³-hybridized carbons (Fsp3) is 0.667. The maximum Gasteiger partial charge on any atom is 0.358 e. The van der Waals surface area contributed by atoms with Gasteiger partial charge in [0.1, 0.15) is 6.61 Å². The Morgan fingerprint density at radius 1 is 1.45 bits per heavy atom. The summed E-state index contributed by atoms with van der Waals surface area (Å²) in [5.74, 6) is -0.848. The van der Waals surface area contributed by atoms with Crippen molar-refractivity contribution in [1.82, 2.24) is 9.78 Å². The molecule has 0 aliphatic carbocycles. The lowest BCUT2D eigenvalue weighted by Gasteiger charge is -2.09. The largest absolute Gasteiger partial charge is 0.460 e. The van der Waals surface area contributed by atoms with E-state index < -0.39 is 21.1 Å². The lowest BCUT2D eigenvalue weighted by molar-refractivity contribution is 0.0516. The number of aromatic nitrogens is 2. The number of rotatable bonds is 6. The molecule has 0 aromatic carbocycles. The average Bonchev–Trinajstić information content (AvgIpc) is 2.64. The zero-order valence-electron chi connectivity index (χ0n) is 12.2. The monoisotopic (exact) mass is 303 g/mol. The van der Waals surface area contributed by atoms with Crippen LogP contribution in [0.5, 0.6) is 0 Å². The number of anilines is 1. The molecule has 0 saturated heterocycles. The first-order valence-electron chi connectivity index (χ1n) is 6.42. The molecule has 1 aromatic rings. The van der Waals surface area contributed by atoms with Gasteiger partial charge in [-0.3, -0.25) is 4.68 Å². The van der Waals surface area contributed by atoms with Crippen LogP contribution < -0.4 is 5.73 Å². The number of nitrogens with two attached hydrogens (primary N) is 1. The molecule has 2 N–H and O–H groups in total. The molecule has 0 spiro atoms. The summed E-state index contributed by atoms with van der Waals surface area (Å²) in [7, 11) is -3.23. The highest BCUT2D eigenvalue weighted by atomic mass is 32.2. The fourth-order valence-corrected chi connectivity index (χ4v) is 2.38. The van der Waals surface area contributed by atoms with E-state index in [1.54, 1.807) is 20.8 Å². The minimum atomic E-state index is -3.23. The Labute approximate surface area is 119 Å². The van der Waals surface area contributed by atoms with Crippen LogP contribution in [-0.2, 0) is 21.1 Å². The number of carbonyl (C=O) groups is 1. The zero-order valence-corrected chi connectivity index (χ0v) is 13.0. The van der Waals surface area contributed by atoms with Crippen LogP contribution in [0.25, 0.3) is 0 Å². The van der Waals surface area contributed by atoms with Gasteiger partial charge < -0.3 is 10.5 Å². The Morgan fingerprint density at radius 2 is 2.05 bits per heavy atom. The Kier molecular flexibility index (Phi) is 5.15. The van der Waals surface area contributed by atoms with Crippen molar-refractivity contribution in [2.24, 2.45) is 0 Å². The number of sulfone groups is 1.